The van der Waals surface area contributed by atoms with Crippen molar-refractivity contribution in [2.24, 2.45) is 5.92 Å². The van der Waals surface area contributed by atoms with Crippen LogP contribution in [0.1, 0.15) is 38.2 Å². The van der Waals surface area contributed by atoms with Crippen LogP contribution in [0.3, 0.4) is 0 Å². The number of para-hydroxylation sites is 1. The normalized spacial score (nSPS) is 16.2. The molecule has 136 valence electrons. The Morgan fingerprint density at radius 2 is 1.88 bits per heavy atom. The van der Waals surface area contributed by atoms with Gasteiger partial charge in [-0.15, -0.1) is 11.8 Å². The van der Waals surface area contributed by atoms with Crippen LogP contribution in [0, 0.1) is 5.92 Å². The molecule has 0 saturated carbocycles. The van der Waals surface area contributed by atoms with E-state index >= 15 is 0 Å². The Hall–Kier alpha value is -1.61. The van der Waals surface area contributed by atoms with E-state index in [2.05, 4.69) is 55.9 Å². The van der Waals surface area contributed by atoms with Crippen molar-refractivity contribution < 1.29 is 0 Å². The topological polar surface area (TPSA) is 29.3 Å². The first-order valence-electron chi connectivity index (χ1n) is 9.33. The predicted octanol–water partition coefficient (Wildman–Crippen LogP) is 5.87. The first kappa shape index (κ1) is 19.7. The average Bonchev–Trinajstić information content (AvgIpc) is 2.83. The highest BCUT2D eigenvalue weighted by atomic mass is 32.2. The third-order valence-electron chi connectivity index (χ3n) is 4.62. The molecule has 1 aliphatic heterocycles. The summed E-state index contributed by atoms with van der Waals surface area (Å²) in [6.45, 7) is 2.29. The molecular weight excluding hydrogens is 324 g/mol. The van der Waals surface area contributed by atoms with E-state index in [-0.39, 0.29) is 0 Å². The van der Waals surface area contributed by atoms with Crippen molar-refractivity contribution in [1.82, 2.24) is 0 Å². The molecule has 25 heavy (non-hydrogen) atoms. The van der Waals surface area contributed by atoms with E-state index in [0.717, 1.165) is 11.6 Å². The van der Waals surface area contributed by atoms with Crippen LogP contribution < -0.4 is 10.6 Å². The number of hydrogen-bond donors (Lipinski definition) is 1. The van der Waals surface area contributed by atoms with Gasteiger partial charge in [0.1, 0.15) is 0 Å². The van der Waals surface area contributed by atoms with Crippen molar-refractivity contribution in [2.45, 2.75) is 43.9 Å². The van der Waals surface area contributed by atoms with Crippen molar-refractivity contribution in [1.29, 1.82) is 0 Å². The van der Waals surface area contributed by atoms with Gasteiger partial charge < -0.3 is 10.6 Å². The molecule has 0 radical (unpaired) electrons. The van der Waals surface area contributed by atoms with E-state index < -0.39 is 0 Å². The second kappa shape index (κ2) is 10.4. The zero-order chi connectivity index (χ0) is 18.1. The highest BCUT2D eigenvalue weighted by molar-refractivity contribution is 7.99. The second-order valence-corrected chi connectivity index (χ2v) is 8.02. The summed E-state index contributed by atoms with van der Waals surface area (Å²) in [5.41, 5.74) is 9.07. The third-order valence-corrected chi connectivity index (χ3v) is 5.97. The smallest absolute Gasteiger partial charge is 0.0364 e. The van der Waals surface area contributed by atoms with Crippen LogP contribution in [-0.4, -0.2) is 19.8 Å². The number of rotatable bonds is 4. The van der Waals surface area contributed by atoms with Crippen LogP contribution in [0.25, 0.3) is 0 Å². The zero-order valence-corrected chi connectivity index (χ0v) is 16.7. The summed E-state index contributed by atoms with van der Waals surface area (Å²) in [5.74, 6) is 2.24. The van der Waals surface area contributed by atoms with Crippen LogP contribution in [0.15, 0.2) is 53.4 Å². The number of nitrogens with two attached hydrogens (primary N) is 1. The maximum absolute atomic E-state index is 5.36. The lowest BCUT2D eigenvalue weighted by molar-refractivity contribution is 0.482. The molecule has 3 rings (SSSR count). The number of nitrogen functional groups attached to an aromatic ring is 1. The minimum absolute atomic E-state index is 0.822. The summed E-state index contributed by atoms with van der Waals surface area (Å²) in [7, 11) is 4.24. The second-order valence-electron chi connectivity index (χ2n) is 6.96. The van der Waals surface area contributed by atoms with Crippen LogP contribution in [0.4, 0.5) is 11.4 Å². The number of anilines is 2. The summed E-state index contributed by atoms with van der Waals surface area (Å²) in [4.78, 5) is 3.71. The molecule has 1 heterocycles. The van der Waals surface area contributed by atoms with Gasteiger partial charge in [-0.05, 0) is 61.1 Å². The molecule has 2 aromatic rings. The van der Waals surface area contributed by atoms with Gasteiger partial charge in [0.15, 0.2) is 0 Å². The van der Waals surface area contributed by atoms with Crippen molar-refractivity contribution >= 4 is 23.1 Å². The number of benzene rings is 2. The quantitative estimate of drug-likeness (QED) is 0.695. The minimum atomic E-state index is 0.822. The monoisotopic (exact) mass is 356 g/mol. The molecule has 2 N–H and O–H groups in total. The summed E-state index contributed by atoms with van der Waals surface area (Å²) in [5, 5.41) is 0. The fourth-order valence-corrected chi connectivity index (χ4v) is 4.26. The highest BCUT2D eigenvalue weighted by Gasteiger charge is 2.16. The third kappa shape index (κ3) is 6.66. The fraction of sp³-hybridized carbons (Fsp3) is 0.455. The SMILES string of the molecule is CCCCC1CCc2cc(N(C)C)ccc2SC1.Nc1ccccc1. The lowest BCUT2D eigenvalue weighted by atomic mass is 9.96. The van der Waals surface area contributed by atoms with Gasteiger partial charge in [0.2, 0.25) is 0 Å². The van der Waals surface area contributed by atoms with Gasteiger partial charge in [-0.25, -0.2) is 0 Å². The van der Waals surface area contributed by atoms with Crippen LogP contribution >= 0.6 is 11.8 Å². The summed E-state index contributed by atoms with van der Waals surface area (Å²) in [6.07, 6.45) is 6.77. The molecule has 0 saturated heterocycles. The Balaban J connectivity index is 0.000000269. The van der Waals surface area contributed by atoms with E-state index in [4.69, 9.17) is 5.73 Å². The van der Waals surface area contributed by atoms with E-state index in [1.165, 1.54) is 48.4 Å². The van der Waals surface area contributed by atoms with Crippen LogP contribution in [0.2, 0.25) is 0 Å². The van der Waals surface area contributed by atoms with E-state index in [9.17, 15) is 0 Å². The molecule has 3 heteroatoms. The fourth-order valence-electron chi connectivity index (χ4n) is 3.00. The van der Waals surface area contributed by atoms with Gasteiger partial charge in [0.25, 0.3) is 0 Å². The Labute approximate surface area is 157 Å². The molecule has 2 nitrogen and oxygen atoms in total. The van der Waals surface area contributed by atoms with Gasteiger partial charge in [-0.3, -0.25) is 0 Å². The number of fused-ring (bicyclic) bond motifs is 1. The molecule has 0 amide bonds. The van der Waals surface area contributed by atoms with Crippen molar-refractivity contribution in [2.75, 3.05) is 30.5 Å². The summed E-state index contributed by atoms with van der Waals surface area (Å²) < 4.78 is 0. The highest BCUT2D eigenvalue weighted by Crippen LogP contribution is 2.35. The van der Waals surface area contributed by atoms with Crippen molar-refractivity contribution in [3.8, 4) is 0 Å². The van der Waals surface area contributed by atoms with Gasteiger partial charge in [0.05, 0.1) is 0 Å². The molecular formula is C22H32N2S. The predicted molar refractivity (Wildman–Crippen MR) is 114 cm³/mol. The van der Waals surface area contributed by atoms with Gasteiger partial charge in [-0.2, -0.15) is 0 Å². The largest absolute Gasteiger partial charge is 0.399 e. The Morgan fingerprint density at radius 3 is 2.48 bits per heavy atom. The van der Waals surface area contributed by atoms with Gasteiger partial charge in [0, 0.05) is 36.1 Å². The number of thioether (sulfide) groups is 1. The van der Waals surface area contributed by atoms with Crippen LogP contribution in [0.5, 0.6) is 0 Å². The number of nitrogens with zero attached hydrogens (tertiary/aromatic N) is 1. The Kier molecular flexibility index (Phi) is 8.20. The first-order chi connectivity index (χ1) is 12.1. The number of aryl methyl sites for hydroxylation is 1. The number of hydrogen-bond acceptors (Lipinski definition) is 3. The minimum Gasteiger partial charge on any atom is -0.399 e. The lowest BCUT2D eigenvalue weighted by Crippen LogP contribution is -2.09. The van der Waals surface area contributed by atoms with E-state index in [1.807, 2.05) is 30.3 Å². The maximum Gasteiger partial charge on any atom is 0.0364 e. The molecule has 0 aliphatic carbocycles. The molecule has 1 atom stereocenters. The molecule has 1 unspecified atom stereocenters. The van der Waals surface area contributed by atoms with E-state index in [0.29, 0.717) is 0 Å². The molecule has 0 aromatic heterocycles. The maximum atomic E-state index is 5.36. The lowest BCUT2D eigenvalue weighted by Gasteiger charge is -2.15. The molecule has 0 spiro atoms. The van der Waals surface area contributed by atoms with Crippen molar-refractivity contribution in [3.05, 3.63) is 54.1 Å². The number of unbranched alkanes of at least 4 members (excludes halogenated alkanes) is 1. The van der Waals surface area contributed by atoms with Crippen LogP contribution in [-0.2, 0) is 6.42 Å². The average molecular weight is 357 g/mol. The van der Waals surface area contributed by atoms with E-state index in [1.54, 1.807) is 5.56 Å². The zero-order valence-electron chi connectivity index (χ0n) is 15.9. The molecule has 2 aromatic carbocycles. The standard InChI is InChI=1S/C16H25NS.C6H7N/c1-4-5-6-13-7-8-14-11-15(17(2)3)9-10-16(14)18-12-13;7-6-4-2-1-3-5-6/h9-11,13H,4-8,12H2,1-3H3;1-5H,7H2. The van der Waals surface area contributed by atoms with Crippen molar-refractivity contribution in [3.63, 3.8) is 0 Å². The Morgan fingerprint density at radius 1 is 1.12 bits per heavy atom. The molecule has 0 bridgehead atoms. The first-order valence-corrected chi connectivity index (χ1v) is 10.3. The summed E-state index contributed by atoms with van der Waals surface area (Å²) >= 11 is 2.07. The molecule has 1 aliphatic rings. The van der Waals surface area contributed by atoms with Gasteiger partial charge >= 0.3 is 0 Å². The molecule has 0 fully saturated rings. The van der Waals surface area contributed by atoms with Gasteiger partial charge in [-0.1, -0.05) is 38.0 Å². The summed E-state index contributed by atoms with van der Waals surface area (Å²) in [6, 6.07) is 16.4. The Bertz CT molecular complexity index is 625.